The summed E-state index contributed by atoms with van der Waals surface area (Å²) in [6, 6.07) is 0. The monoisotopic (exact) mass is 398 g/mol. The van der Waals surface area contributed by atoms with Gasteiger partial charge in [-0.3, -0.25) is 0 Å². The van der Waals surface area contributed by atoms with E-state index in [0.717, 1.165) is 0 Å². The molecular weight excluding hydrogens is 399 g/mol. The molecule has 0 N–H and O–H groups in total. The van der Waals surface area contributed by atoms with E-state index in [1.54, 1.807) is 0 Å². The van der Waals surface area contributed by atoms with Crippen molar-refractivity contribution in [2.45, 2.75) is 27.5 Å². The van der Waals surface area contributed by atoms with Crippen molar-refractivity contribution in [3.8, 4) is 0 Å². The van der Waals surface area contributed by atoms with E-state index < -0.39 is 39.4 Å². The molecule has 0 spiro atoms. The zero-order valence-electron chi connectivity index (χ0n) is 8.79. The Hall–Kier alpha value is -0.160. The molecule has 0 aliphatic carbocycles. The first-order valence-corrected chi connectivity index (χ1v) is 5.28. The highest BCUT2D eigenvalue weighted by atomic mass is 35.5. The van der Waals surface area contributed by atoms with E-state index in [-0.39, 0.29) is 0 Å². The first kappa shape index (κ1) is 20.8. The quantitative estimate of drug-likeness (QED) is 0.394. The molecule has 0 aliphatic heterocycles. The fourth-order valence-corrected chi connectivity index (χ4v) is 1.34. The van der Waals surface area contributed by atoms with Gasteiger partial charge in [-0.1, -0.05) is 23.2 Å². The van der Waals surface area contributed by atoms with Gasteiger partial charge in [0.05, 0.1) is 0 Å². The molecule has 0 bridgehead atoms. The first-order chi connectivity index (χ1) is 8.85. The van der Waals surface area contributed by atoms with Crippen LogP contribution in [0.3, 0.4) is 0 Å². The minimum Gasteiger partial charge on any atom is -0.212 e. The lowest BCUT2D eigenvalue weighted by atomic mass is 10.0. The molecule has 0 nitrogen and oxygen atoms in total. The molecule has 0 fully saturated rings. The second kappa shape index (κ2) is 5.48. The standard InChI is InChI=1S/C7Cl3F11/c8-4(16,3(14,15)1(11)2(12)13)6(18,19)5(9,17)7(10,20)21. The fraction of sp³-hybridized carbons (Fsp3) is 0.714. The van der Waals surface area contributed by atoms with Crippen LogP contribution in [-0.2, 0) is 0 Å². The molecule has 0 saturated heterocycles. The lowest BCUT2D eigenvalue weighted by molar-refractivity contribution is -0.260. The molecule has 0 aromatic rings. The number of hydrogen-bond donors (Lipinski definition) is 0. The minimum absolute atomic E-state index is 3.76. The van der Waals surface area contributed by atoms with Crippen LogP contribution in [0.5, 0.6) is 0 Å². The number of alkyl halides is 11. The Balaban J connectivity index is 6.20. The Morgan fingerprint density at radius 1 is 0.619 bits per heavy atom. The van der Waals surface area contributed by atoms with Gasteiger partial charge in [-0.25, -0.2) is 8.78 Å². The SMILES string of the molecule is FC(F)=C(F)C(F)(F)C(F)(Cl)C(F)(F)C(F)(Cl)C(F)(F)Cl. The smallest absolute Gasteiger partial charge is 0.212 e. The average molecular weight is 399 g/mol. The summed E-state index contributed by atoms with van der Waals surface area (Å²) < 4.78 is 138. The summed E-state index contributed by atoms with van der Waals surface area (Å²) in [4.78, 5) is 0. The Labute approximate surface area is 123 Å². The summed E-state index contributed by atoms with van der Waals surface area (Å²) in [6.45, 7) is 0. The van der Waals surface area contributed by atoms with Gasteiger partial charge in [0.2, 0.25) is 5.83 Å². The predicted molar refractivity (Wildman–Crippen MR) is 50.4 cm³/mol. The van der Waals surface area contributed by atoms with Crippen molar-refractivity contribution in [1.82, 2.24) is 0 Å². The van der Waals surface area contributed by atoms with Crippen LogP contribution in [0.25, 0.3) is 0 Å². The van der Waals surface area contributed by atoms with Crippen LogP contribution in [0.1, 0.15) is 0 Å². The van der Waals surface area contributed by atoms with Crippen LogP contribution in [0, 0.1) is 0 Å². The number of rotatable bonds is 5. The topological polar surface area (TPSA) is 0 Å². The molecular formula is C7Cl3F11. The average Bonchev–Trinajstić information content (AvgIpc) is 2.25. The van der Waals surface area contributed by atoms with Crippen LogP contribution in [0.2, 0.25) is 0 Å². The van der Waals surface area contributed by atoms with Gasteiger partial charge in [0, 0.05) is 0 Å². The maximum Gasteiger partial charge on any atom is 0.375 e. The van der Waals surface area contributed by atoms with Crippen LogP contribution < -0.4 is 0 Å². The number of allylic oxidation sites excluding steroid dienone is 1. The van der Waals surface area contributed by atoms with Gasteiger partial charge in [0.25, 0.3) is 0 Å². The lowest BCUT2D eigenvalue weighted by Gasteiger charge is -2.39. The summed E-state index contributed by atoms with van der Waals surface area (Å²) in [7, 11) is 0. The molecule has 0 amide bonds. The van der Waals surface area contributed by atoms with Gasteiger partial charge in [0.1, 0.15) is 0 Å². The predicted octanol–water partition coefficient (Wildman–Crippen LogP) is 5.98. The summed E-state index contributed by atoms with van der Waals surface area (Å²) in [5, 5.41) is -18.4. The van der Waals surface area contributed by atoms with Crippen LogP contribution in [0.15, 0.2) is 11.9 Å². The van der Waals surface area contributed by atoms with Gasteiger partial charge >= 0.3 is 33.6 Å². The van der Waals surface area contributed by atoms with Crippen molar-refractivity contribution in [2.24, 2.45) is 0 Å². The third-order valence-electron chi connectivity index (χ3n) is 1.98. The Morgan fingerprint density at radius 3 is 1.19 bits per heavy atom. The van der Waals surface area contributed by atoms with E-state index >= 15 is 0 Å². The lowest BCUT2D eigenvalue weighted by Crippen LogP contribution is -2.65. The molecule has 0 saturated carbocycles. The molecule has 2 atom stereocenters. The van der Waals surface area contributed by atoms with Crippen LogP contribution >= 0.6 is 34.8 Å². The molecule has 0 heterocycles. The van der Waals surface area contributed by atoms with Crippen molar-refractivity contribution in [2.75, 3.05) is 0 Å². The van der Waals surface area contributed by atoms with Gasteiger partial charge < -0.3 is 0 Å². The van der Waals surface area contributed by atoms with Crippen molar-refractivity contribution in [3.63, 3.8) is 0 Å². The highest BCUT2D eigenvalue weighted by molar-refractivity contribution is 6.34. The molecule has 21 heavy (non-hydrogen) atoms. The molecule has 0 aromatic carbocycles. The number of halogens is 14. The highest BCUT2D eigenvalue weighted by Gasteiger charge is 2.84. The van der Waals surface area contributed by atoms with E-state index in [1.165, 1.54) is 0 Å². The van der Waals surface area contributed by atoms with E-state index in [9.17, 15) is 48.3 Å². The third-order valence-corrected chi connectivity index (χ3v) is 3.29. The second-order valence-corrected chi connectivity index (χ2v) is 4.89. The minimum atomic E-state index is -6.81. The zero-order valence-corrected chi connectivity index (χ0v) is 11.1. The molecule has 14 heteroatoms. The molecule has 126 valence electrons. The maximum atomic E-state index is 13.2. The summed E-state index contributed by atoms with van der Waals surface area (Å²) in [5.41, 5.74) is 0. The zero-order chi connectivity index (χ0) is 17.7. The van der Waals surface area contributed by atoms with Crippen molar-refractivity contribution >= 4 is 34.8 Å². The van der Waals surface area contributed by atoms with Gasteiger partial charge in [-0.2, -0.15) is 39.5 Å². The van der Waals surface area contributed by atoms with Gasteiger partial charge in [-0.05, 0) is 11.6 Å². The summed E-state index contributed by atoms with van der Waals surface area (Å²) in [6.07, 6.45) is -4.00. The first-order valence-electron chi connectivity index (χ1n) is 4.15. The van der Waals surface area contributed by atoms with Crippen LogP contribution in [0.4, 0.5) is 48.3 Å². The maximum absolute atomic E-state index is 13.2. The second-order valence-electron chi connectivity index (χ2n) is 3.37. The van der Waals surface area contributed by atoms with E-state index in [4.69, 9.17) is 0 Å². The largest absolute Gasteiger partial charge is 0.375 e. The molecule has 0 rings (SSSR count). The van der Waals surface area contributed by atoms with E-state index in [1.807, 2.05) is 0 Å². The molecule has 0 radical (unpaired) electrons. The van der Waals surface area contributed by atoms with Crippen molar-refractivity contribution < 1.29 is 48.3 Å². The Bertz CT molecular complexity index is 432. The normalized spacial score (nSPS) is 19.7. The summed E-state index contributed by atoms with van der Waals surface area (Å²) in [5.74, 6) is -17.6. The van der Waals surface area contributed by atoms with Crippen molar-refractivity contribution in [1.29, 1.82) is 0 Å². The van der Waals surface area contributed by atoms with E-state index in [2.05, 4.69) is 34.8 Å². The Kier molecular flexibility index (Phi) is 5.44. The number of hydrogen-bond acceptors (Lipinski definition) is 0. The van der Waals surface area contributed by atoms with Gasteiger partial charge in [0.15, 0.2) is 0 Å². The Morgan fingerprint density at radius 2 is 0.952 bits per heavy atom. The van der Waals surface area contributed by atoms with Crippen molar-refractivity contribution in [3.05, 3.63) is 11.9 Å². The van der Waals surface area contributed by atoms with Gasteiger partial charge in [-0.15, -0.1) is 0 Å². The summed E-state index contributed by atoms with van der Waals surface area (Å²) >= 11 is 11.5. The molecule has 0 aliphatic rings. The molecule has 0 aromatic heterocycles. The van der Waals surface area contributed by atoms with Crippen LogP contribution in [-0.4, -0.2) is 27.5 Å². The fourth-order valence-electron chi connectivity index (χ4n) is 0.829. The third kappa shape index (κ3) is 3.00. The van der Waals surface area contributed by atoms with E-state index in [0.29, 0.717) is 0 Å². The molecule has 2 unspecified atom stereocenters. The highest BCUT2D eigenvalue weighted by Crippen LogP contribution is 2.61.